The molecule has 4 nitrogen and oxygen atoms in total. The van der Waals surface area contributed by atoms with Crippen LogP contribution in [0.25, 0.3) is 21.3 Å². The van der Waals surface area contributed by atoms with E-state index in [0.717, 1.165) is 27.0 Å². The second kappa shape index (κ2) is 6.52. The molecule has 0 saturated carbocycles. The van der Waals surface area contributed by atoms with Crippen LogP contribution >= 0.6 is 22.9 Å². The number of benzene rings is 2. The van der Waals surface area contributed by atoms with E-state index in [4.69, 9.17) is 16.9 Å². The van der Waals surface area contributed by atoms with Gasteiger partial charge in [-0.05, 0) is 35.9 Å². The highest BCUT2D eigenvalue weighted by atomic mass is 35.5. The number of nitrogens with zero attached hydrogens (tertiary/aromatic N) is 3. The van der Waals surface area contributed by atoms with Crippen LogP contribution in [0.5, 0.6) is 0 Å². The van der Waals surface area contributed by atoms with E-state index in [1.165, 1.54) is 0 Å². The summed E-state index contributed by atoms with van der Waals surface area (Å²) in [4.78, 5) is 9.68. The van der Waals surface area contributed by atoms with E-state index in [9.17, 15) is 0 Å². The molecule has 0 fully saturated rings. The van der Waals surface area contributed by atoms with E-state index >= 15 is 0 Å². The van der Waals surface area contributed by atoms with E-state index in [-0.39, 0.29) is 0 Å². The maximum Gasteiger partial charge on any atom is 0.143 e. The molecule has 2 heterocycles. The summed E-state index contributed by atoms with van der Waals surface area (Å²) in [5, 5.41) is 16.1. The molecule has 120 valence electrons. The largest absolute Gasteiger partial charge is 0.340 e. The molecule has 0 aliphatic heterocycles. The molecule has 4 rings (SSSR count). The highest BCUT2D eigenvalue weighted by molar-refractivity contribution is 7.17. The lowest BCUT2D eigenvalue weighted by Crippen LogP contribution is -1.95. The fourth-order valence-electron chi connectivity index (χ4n) is 2.62. The van der Waals surface area contributed by atoms with Gasteiger partial charge in [-0.25, -0.2) is 9.97 Å². The molecule has 0 amide bonds. The van der Waals surface area contributed by atoms with Crippen molar-refractivity contribution in [2.24, 2.45) is 0 Å². The number of hydrogen-bond acceptors (Lipinski definition) is 5. The van der Waals surface area contributed by atoms with E-state index in [1.807, 2.05) is 36.4 Å². The van der Waals surface area contributed by atoms with Crippen molar-refractivity contribution in [2.75, 3.05) is 5.32 Å². The van der Waals surface area contributed by atoms with Crippen LogP contribution < -0.4 is 5.32 Å². The van der Waals surface area contributed by atoms with Crippen LogP contribution in [0.2, 0.25) is 5.02 Å². The van der Waals surface area contributed by atoms with E-state index in [1.54, 1.807) is 29.8 Å². The summed E-state index contributed by atoms with van der Waals surface area (Å²) < 4.78 is 0. The molecule has 0 unspecified atom stereocenters. The highest BCUT2D eigenvalue weighted by Crippen LogP contribution is 2.37. The van der Waals surface area contributed by atoms with Gasteiger partial charge in [0.1, 0.15) is 17.0 Å². The summed E-state index contributed by atoms with van der Waals surface area (Å²) in [6.07, 6.45) is 1.54. The molecule has 2 aromatic heterocycles. The predicted octanol–water partition coefficient (Wildman–Crippen LogP) is 5.63. The van der Waals surface area contributed by atoms with Crippen molar-refractivity contribution in [3.05, 3.63) is 70.8 Å². The minimum Gasteiger partial charge on any atom is -0.340 e. The first-order chi connectivity index (χ1) is 12.2. The molecule has 0 spiro atoms. The monoisotopic (exact) mass is 362 g/mol. The SMILES string of the molecule is N#Cc1cccc(Nc2ncnc3scc(-c4ccc(Cl)cc4)c23)c1. The Hall–Kier alpha value is -2.94. The first-order valence-corrected chi connectivity index (χ1v) is 8.76. The van der Waals surface area contributed by atoms with Crippen molar-refractivity contribution in [2.45, 2.75) is 0 Å². The standard InChI is InChI=1S/C19H11ClN4S/c20-14-6-4-13(5-7-14)16-10-25-19-17(16)18(22-11-23-19)24-15-3-1-2-12(8-15)9-21/h1-8,10-11H,(H,22,23,24). The molecule has 0 aliphatic carbocycles. The average molecular weight is 363 g/mol. The van der Waals surface area contributed by atoms with Crippen LogP contribution in [0.15, 0.2) is 60.2 Å². The number of nitriles is 1. The quantitative estimate of drug-likeness (QED) is 0.513. The van der Waals surface area contributed by atoms with Gasteiger partial charge < -0.3 is 5.32 Å². The topological polar surface area (TPSA) is 61.6 Å². The van der Waals surface area contributed by atoms with Gasteiger partial charge in [0, 0.05) is 21.7 Å². The van der Waals surface area contributed by atoms with E-state index < -0.39 is 0 Å². The van der Waals surface area contributed by atoms with Crippen molar-refractivity contribution in [1.29, 1.82) is 5.26 Å². The van der Waals surface area contributed by atoms with Gasteiger partial charge in [0.25, 0.3) is 0 Å². The lowest BCUT2D eigenvalue weighted by molar-refractivity contribution is 1.23. The second-order valence-corrected chi connectivity index (χ2v) is 6.67. The Kier molecular flexibility index (Phi) is 4.06. The van der Waals surface area contributed by atoms with Crippen LogP contribution in [-0.2, 0) is 0 Å². The van der Waals surface area contributed by atoms with Crippen LogP contribution in [0.1, 0.15) is 5.56 Å². The van der Waals surface area contributed by atoms with Gasteiger partial charge in [0.15, 0.2) is 0 Å². The van der Waals surface area contributed by atoms with Gasteiger partial charge in [-0.3, -0.25) is 0 Å². The van der Waals surface area contributed by atoms with Gasteiger partial charge >= 0.3 is 0 Å². The minimum atomic E-state index is 0.596. The highest BCUT2D eigenvalue weighted by Gasteiger charge is 2.13. The van der Waals surface area contributed by atoms with Crippen LogP contribution in [0.3, 0.4) is 0 Å². The first-order valence-electron chi connectivity index (χ1n) is 7.50. The molecule has 1 N–H and O–H groups in total. The second-order valence-electron chi connectivity index (χ2n) is 5.38. The zero-order valence-corrected chi connectivity index (χ0v) is 14.5. The fourth-order valence-corrected chi connectivity index (χ4v) is 3.66. The van der Waals surface area contributed by atoms with Gasteiger partial charge in [0.2, 0.25) is 0 Å². The molecule has 6 heteroatoms. The normalized spacial score (nSPS) is 10.6. The molecule has 0 bridgehead atoms. The third-order valence-corrected chi connectivity index (χ3v) is 4.92. The summed E-state index contributed by atoms with van der Waals surface area (Å²) >= 11 is 7.57. The number of hydrogen-bond donors (Lipinski definition) is 1. The number of halogens is 1. The lowest BCUT2D eigenvalue weighted by Gasteiger charge is -2.09. The Morgan fingerprint density at radius 2 is 1.92 bits per heavy atom. The molecule has 4 aromatic rings. The molecule has 2 aromatic carbocycles. The Labute approximate surface area is 153 Å². The summed E-state index contributed by atoms with van der Waals surface area (Å²) in [6, 6.07) is 17.2. The molecule has 0 atom stereocenters. The first kappa shape index (κ1) is 15.6. The van der Waals surface area contributed by atoms with Crippen LogP contribution in [0.4, 0.5) is 11.5 Å². The van der Waals surface area contributed by atoms with Gasteiger partial charge in [0.05, 0.1) is 17.0 Å². The zero-order valence-electron chi connectivity index (χ0n) is 12.9. The molecule has 0 radical (unpaired) electrons. The van der Waals surface area contributed by atoms with Crippen molar-refractivity contribution in [1.82, 2.24) is 9.97 Å². The summed E-state index contributed by atoms with van der Waals surface area (Å²) in [7, 11) is 0. The van der Waals surface area contributed by atoms with Crippen molar-refractivity contribution in [3.63, 3.8) is 0 Å². The van der Waals surface area contributed by atoms with Gasteiger partial charge in [-0.15, -0.1) is 11.3 Å². The molecule has 0 saturated heterocycles. The van der Waals surface area contributed by atoms with Gasteiger partial charge in [-0.1, -0.05) is 29.8 Å². The number of anilines is 2. The Bertz CT molecular complexity index is 1100. The number of rotatable bonds is 3. The van der Waals surface area contributed by atoms with Crippen LogP contribution in [0, 0.1) is 11.3 Å². The Morgan fingerprint density at radius 3 is 2.72 bits per heavy atom. The third kappa shape index (κ3) is 3.05. The summed E-state index contributed by atoms with van der Waals surface area (Å²) in [5.41, 5.74) is 3.52. The number of thiophene rings is 1. The van der Waals surface area contributed by atoms with E-state index in [0.29, 0.717) is 16.4 Å². The predicted molar refractivity (Wildman–Crippen MR) is 102 cm³/mol. The molecular weight excluding hydrogens is 352 g/mol. The Balaban J connectivity index is 1.83. The molecule has 0 aliphatic rings. The lowest BCUT2D eigenvalue weighted by atomic mass is 10.1. The number of nitrogens with one attached hydrogen (secondary N) is 1. The molecule has 25 heavy (non-hydrogen) atoms. The average Bonchev–Trinajstić information content (AvgIpc) is 3.08. The molecular formula is C19H11ClN4S. The smallest absolute Gasteiger partial charge is 0.143 e. The maximum absolute atomic E-state index is 9.07. The minimum absolute atomic E-state index is 0.596. The van der Waals surface area contributed by atoms with Crippen molar-refractivity contribution < 1.29 is 0 Å². The zero-order chi connectivity index (χ0) is 17.2. The summed E-state index contributed by atoms with van der Waals surface area (Å²) in [6.45, 7) is 0. The van der Waals surface area contributed by atoms with Crippen molar-refractivity contribution >= 4 is 44.7 Å². The third-order valence-electron chi connectivity index (χ3n) is 3.78. The fraction of sp³-hybridized carbons (Fsp3) is 0. The summed E-state index contributed by atoms with van der Waals surface area (Å²) in [5.74, 6) is 0.714. The van der Waals surface area contributed by atoms with Gasteiger partial charge in [-0.2, -0.15) is 5.26 Å². The van der Waals surface area contributed by atoms with Crippen molar-refractivity contribution in [3.8, 4) is 17.2 Å². The van der Waals surface area contributed by atoms with E-state index in [2.05, 4.69) is 26.7 Å². The van der Waals surface area contributed by atoms with Crippen LogP contribution in [-0.4, -0.2) is 9.97 Å². The maximum atomic E-state index is 9.07. The number of aromatic nitrogens is 2. The number of fused-ring (bicyclic) bond motifs is 1. The Morgan fingerprint density at radius 1 is 1.08 bits per heavy atom.